The fourth-order valence-electron chi connectivity index (χ4n) is 1.48. The van der Waals surface area contributed by atoms with Crippen LogP contribution in [-0.2, 0) is 18.3 Å². The smallest absolute Gasteiger partial charge is 0.357 e. The fourth-order valence-corrected chi connectivity index (χ4v) is 2.28. The molecule has 7 heteroatoms. The molecule has 0 aliphatic carbocycles. The van der Waals surface area contributed by atoms with Crippen LogP contribution in [0.5, 0.6) is 0 Å². The average molecular weight is 266 g/mol. The Morgan fingerprint density at radius 3 is 3.00 bits per heavy atom. The molecule has 0 bridgehead atoms. The molecule has 0 fully saturated rings. The maximum Gasteiger partial charge on any atom is 0.357 e. The SMILES string of the molecule is COC(=O)c1nc(NCc2ccn(C)n2)sc1C. The second-order valence-corrected chi connectivity index (χ2v) is 4.95. The van der Waals surface area contributed by atoms with Gasteiger partial charge in [0.15, 0.2) is 10.8 Å². The number of aryl methyl sites for hydroxylation is 2. The van der Waals surface area contributed by atoms with Crippen LogP contribution < -0.4 is 5.32 Å². The zero-order chi connectivity index (χ0) is 13.1. The number of ether oxygens (including phenoxy) is 1. The van der Waals surface area contributed by atoms with Crippen molar-refractivity contribution in [2.24, 2.45) is 7.05 Å². The van der Waals surface area contributed by atoms with Gasteiger partial charge in [-0.05, 0) is 13.0 Å². The normalized spacial score (nSPS) is 10.4. The van der Waals surface area contributed by atoms with Gasteiger partial charge in [0.1, 0.15) is 0 Å². The summed E-state index contributed by atoms with van der Waals surface area (Å²) >= 11 is 1.43. The van der Waals surface area contributed by atoms with Crippen molar-refractivity contribution in [1.82, 2.24) is 14.8 Å². The van der Waals surface area contributed by atoms with Crippen molar-refractivity contribution in [1.29, 1.82) is 0 Å². The lowest BCUT2D eigenvalue weighted by molar-refractivity contribution is 0.0594. The molecule has 0 atom stereocenters. The van der Waals surface area contributed by atoms with Gasteiger partial charge in [0, 0.05) is 18.1 Å². The maximum atomic E-state index is 11.4. The first-order chi connectivity index (χ1) is 8.60. The summed E-state index contributed by atoms with van der Waals surface area (Å²) in [6.07, 6.45) is 1.88. The topological polar surface area (TPSA) is 69.0 Å². The minimum absolute atomic E-state index is 0.367. The number of carbonyl (C=O) groups excluding carboxylic acids is 1. The van der Waals surface area contributed by atoms with E-state index in [1.807, 2.05) is 26.2 Å². The van der Waals surface area contributed by atoms with Crippen LogP contribution in [0.1, 0.15) is 21.1 Å². The highest BCUT2D eigenvalue weighted by molar-refractivity contribution is 7.15. The van der Waals surface area contributed by atoms with E-state index in [0.717, 1.165) is 10.6 Å². The Morgan fingerprint density at radius 2 is 2.39 bits per heavy atom. The molecule has 0 radical (unpaired) electrons. The summed E-state index contributed by atoms with van der Waals surface area (Å²) in [7, 11) is 3.22. The number of nitrogens with zero attached hydrogens (tertiary/aromatic N) is 3. The summed E-state index contributed by atoms with van der Waals surface area (Å²) in [6.45, 7) is 2.42. The highest BCUT2D eigenvalue weighted by atomic mass is 32.1. The van der Waals surface area contributed by atoms with Crippen molar-refractivity contribution in [2.75, 3.05) is 12.4 Å². The molecule has 0 unspecified atom stereocenters. The Kier molecular flexibility index (Phi) is 3.61. The fraction of sp³-hybridized carbons (Fsp3) is 0.364. The van der Waals surface area contributed by atoms with E-state index in [4.69, 9.17) is 0 Å². The van der Waals surface area contributed by atoms with Crippen LogP contribution in [0.25, 0.3) is 0 Å². The van der Waals surface area contributed by atoms with E-state index < -0.39 is 5.97 Å². The molecule has 96 valence electrons. The van der Waals surface area contributed by atoms with Crippen molar-refractivity contribution in [3.05, 3.63) is 28.5 Å². The van der Waals surface area contributed by atoms with Gasteiger partial charge in [-0.2, -0.15) is 5.10 Å². The number of esters is 1. The molecule has 6 nitrogen and oxygen atoms in total. The van der Waals surface area contributed by atoms with Crippen LogP contribution in [0.4, 0.5) is 5.13 Å². The molecule has 0 saturated carbocycles. The van der Waals surface area contributed by atoms with Gasteiger partial charge in [-0.1, -0.05) is 0 Å². The molecule has 2 aromatic heterocycles. The van der Waals surface area contributed by atoms with E-state index in [-0.39, 0.29) is 0 Å². The summed E-state index contributed by atoms with van der Waals surface area (Å²) in [5.74, 6) is -0.408. The molecule has 0 amide bonds. The number of rotatable bonds is 4. The summed E-state index contributed by atoms with van der Waals surface area (Å²) in [4.78, 5) is 16.4. The summed E-state index contributed by atoms with van der Waals surface area (Å²) in [6, 6.07) is 1.93. The zero-order valence-electron chi connectivity index (χ0n) is 10.4. The van der Waals surface area contributed by atoms with Crippen LogP contribution in [0.2, 0.25) is 0 Å². The first kappa shape index (κ1) is 12.6. The van der Waals surface area contributed by atoms with Crippen molar-refractivity contribution < 1.29 is 9.53 Å². The predicted octanol–water partition coefficient (Wildman–Crippen LogP) is 1.58. The lowest BCUT2D eigenvalue weighted by atomic mass is 10.4. The van der Waals surface area contributed by atoms with E-state index >= 15 is 0 Å². The van der Waals surface area contributed by atoms with Gasteiger partial charge in [0.25, 0.3) is 0 Å². The standard InChI is InChI=1S/C11H14N4O2S/c1-7-9(10(16)17-3)13-11(18-7)12-6-8-4-5-15(2)14-8/h4-5H,6H2,1-3H3,(H,12,13). The number of anilines is 1. The monoisotopic (exact) mass is 266 g/mol. The number of carbonyl (C=O) groups is 1. The minimum Gasteiger partial charge on any atom is -0.464 e. The third kappa shape index (κ3) is 2.67. The second-order valence-electron chi connectivity index (χ2n) is 3.75. The van der Waals surface area contributed by atoms with Crippen molar-refractivity contribution in [2.45, 2.75) is 13.5 Å². The first-order valence-electron chi connectivity index (χ1n) is 5.38. The molecule has 0 saturated heterocycles. The van der Waals surface area contributed by atoms with Crippen molar-refractivity contribution in [3.8, 4) is 0 Å². The van der Waals surface area contributed by atoms with Gasteiger partial charge in [0.2, 0.25) is 0 Å². The van der Waals surface area contributed by atoms with Gasteiger partial charge in [-0.15, -0.1) is 11.3 Å². The highest BCUT2D eigenvalue weighted by Crippen LogP contribution is 2.22. The molecular formula is C11H14N4O2S. The van der Waals surface area contributed by atoms with Gasteiger partial charge < -0.3 is 10.1 Å². The Bertz CT molecular complexity index is 561. The van der Waals surface area contributed by atoms with E-state index in [2.05, 4.69) is 20.1 Å². The van der Waals surface area contributed by atoms with E-state index in [1.54, 1.807) is 4.68 Å². The molecule has 2 rings (SSSR count). The van der Waals surface area contributed by atoms with Gasteiger partial charge in [-0.3, -0.25) is 4.68 Å². The van der Waals surface area contributed by atoms with Gasteiger partial charge in [0.05, 0.1) is 19.3 Å². The lowest BCUT2D eigenvalue weighted by Crippen LogP contribution is -2.04. The van der Waals surface area contributed by atoms with Crippen molar-refractivity contribution >= 4 is 22.4 Å². The predicted molar refractivity (Wildman–Crippen MR) is 68.7 cm³/mol. The first-order valence-corrected chi connectivity index (χ1v) is 6.20. The molecule has 0 aliphatic heterocycles. The van der Waals surface area contributed by atoms with Crippen LogP contribution in [0.3, 0.4) is 0 Å². The molecular weight excluding hydrogens is 252 g/mol. The van der Waals surface area contributed by atoms with E-state index in [9.17, 15) is 4.79 Å². The largest absolute Gasteiger partial charge is 0.464 e. The third-order valence-electron chi connectivity index (χ3n) is 2.36. The molecule has 0 spiro atoms. The quantitative estimate of drug-likeness (QED) is 0.851. The second kappa shape index (κ2) is 5.18. The zero-order valence-corrected chi connectivity index (χ0v) is 11.2. The van der Waals surface area contributed by atoms with Crippen LogP contribution in [0, 0.1) is 6.92 Å². The molecule has 1 N–H and O–H groups in total. The molecule has 0 aliphatic rings. The Balaban J connectivity index is 2.04. The Labute approximate surface area is 109 Å². The Hall–Kier alpha value is -1.89. The van der Waals surface area contributed by atoms with E-state index in [1.165, 1.54) is 18.4 Å². The van der Waals surface area contributed by atoms with Gasteiger partial charge >= 0.3 is 5.97 Å². The molecule has 2 heterocycles. The Morgan fingerprint density at radius 1 is 1.61 bits per heavy atom. The maximum absolute atomic E-state index is 11.4. The molecule has 2 aromatic rings. The number of aromatic nitrogens is 3. The lowest BCUT2D eigenvalue weighted by Gasteiger charge is -1.98. The van der Waals surface area contributed by atoms with Crippen LogP contribution in [-0.4, -0.2) is 27.8 Å². The molecule has 0 aromatic carbocycles. The van der Waals surface area contributed by atoms with Crippen LogP contribution >= 0.6 is 11.3 Å². The molecule has 18 heavy (non-hydrogen) atoms. The number of nitrogens with one attached hydrogen (secondary N) is 1. The third-order valence-corrected chi connectivity index (χ3v) is 3.29. The number of thiazole rings is 1. The number of methoxy groups -OCH3 is 1. The number of hydrogen-bond acceptors (Lipinski definition) is 6. The van der Waals surface area contributed by atoms with Crippen LogP contribution in [0.15, 0.2) is 12.3 Å². The van der Waals surface area contributed by atoms with Crippen molar-refractivity contribution in [3.63, 3.8) is 0 Å². The average Bonchev–Trinajstić information content (AvgIpc) is 2.92. The highest BCUT2D eigenvalue weighted by Gasteiger charge is 2.15. The number of hydrogen-bond donors (Lipinski definition) is 1. The van der Waals surface area contributed by atoms with Gasteiger partial charge in [-0.25, -0.2) is 9.78 Å². The summed E-state index contributed by atoms with van der Waals surface area (Å²) < 4.78 is 6.40. The summed E-state index contributed by atoms with van der Waals surface area (Å²) in [5.41, 5.74) is 1.29. The van der Waals surface area contributed by atoms with E-state index in [0.29, 0.717) is 17.4 Å². The summed E-state index contributed by atoms with van der Waals surface area (Å²) in [5, 5.41) is 8.08. The minimum atomic E-state index is -0.408.